The number of carbonyl (C=O) groups is 2. The van der Waals surface area contributed by atoms with Gasteiger partial charge in [0.05, 0.1) is 18.6 Å². The highest BCUT2D eigenvalue weighted by molar-refractivity contribution is 5.92. The molecule has 36 heavy (non-hydrogen) atoms. The molecule has 1 saturated heterocycles. The van der Waals surface area contributed by atoms with Gasteiger partial charge in [-0.2, -0.15) is 0 Å². The smallest absolute Gasteiger partial charge is 0.244 e. The predicted octanol–water partition coefficient (Wildman–Crippen LogP) is 2.58. The number of carbonyl (C=O) groups excluding carboxylic acids is 2. The molecule has 1 aromatic heterocycles. The quantitative estimate of drug-likeness (QED) is 0.581. The minimum Gasteiger partial charge on any atom is -0.358 e. The lowest BCUT2D eigenvalue weighted by Gasteiger charge is -2.43. The van der Waals surface area contributed by atoms with Crippen molar-refractivity contribution in [2.45, 2.75) is 45.4 Å². The van der Waals surface area contributed by atoms with E-state index in [0.717, 1.165) is 23.7 Å². The number of aromatic nitrogens is 2. The number of fused-ring (bicyclic) bond motifs is 6. The van der Waals surface area contributed by atoms with Gasteiger partial charge in [0.2, 0.25) is 11.8 Å². The molecular weight excluding hydrogens is 452 g/mol. The summed E-state index contributed by atoms with van der Waals surface area (Å²) in [4.78, 5) is 40.8. The molecular formula is C28H32N6O2. The fourth-order valence-electron chi connectivity index (χ4n) is 5.76. The Balaban J connectivity index is 1.27. The van der Waals surface area contributed by atoms with Crippen LogP contribution in [0.4, 0.5) is 5.82 Å². The van der Waals surface area contributed by atoms with Gasteiger partial charge in [0, 0.05) is 24.4 Å². The van der Waals surface area contributed by atoms with E-state index in [-0.39, 0.29) is 29.8 Å². The lowest BCUT2D eigenvalue weighted by atomic mass is 10.0. The lowest BCUT2D eigenvalue weighted by Crippen LogP contribution is -2.63. The van der Waals surface area contributed by atoms with E-state index in [4.69, 9.17) is 9.97 Å². The monoisotopic (exact) mass is 484 g/mol. The molecule has 8 nitrogen and oxygen atoms in total. The summed E-state index contributed by atoms with van der Waals surface area (Å²) in [6.45, 7) is 6.31. The van der Waals surface area contributed by atoms with E-state index in [0.29, 0.717) is 37.8 Å². The van der Waals surface area contributed by atoms with Crippen LogP contribution in [-0.4, -0.2) is 63.4 Å². The molecule has 3 aliphatic rings. The lowest BCUT2D eigenvalue weighted by molar-refractivity contribution is -0.140. The maximum atomic E-state index is 13.5. The normalized spacial score (nSPS) is 22.6. The maximum Gasteiger partial charge on any atom is 0.244 e. The highest BCUT2D eigenvalue weighted by Crippen LogP contribution is 2.29. The van der Waals surface area contributed by atoms with Crippen molar-refractivity contribution in [1.82, 2.24) is 25.1 Å². The van der Waals surface area contributed by atoms with E-state index < -0.39 is 6.04 Å². The number of benzene rings is 2. The van der Waals surface area contributed by atoms with Crippen LogP contribution in [0.25, 0.3) is 10.9 Å². The van der Waals surface area contributed by atoms with Crippen LogP contribution in [0.1, 0.15) is 30.8 Å². The highest BCUT2D eigenvalue weighted by atomic mass is 16.2. The summed E-state index contributed by atoms with van der Waals surface area (Å²) in [5.41, 5.74) is 3.41. The Bertz CT molecular complexity index is 1300. The van der Waals surface area contributed by atoms with Crippen molar-refractivity contribution in [2.75, 3.05) is 25.0 Å². The van der Waals surface area contributed by atoms with Crippen molar-refractivity contribution < 1.29 is 9.59 Å². The predicted molar refractivity (Wildman–Crippen MR) is 138 cm³/mol. The van der Waals surface area contributed by atoms with E-state index in [9.17, 15) is 9.59 Å². The van der Waals surface area contributed by atoms with Crippen molar-refractivity contribution in [2.24, 2.45) is 11.8 Å². The van der Waals surface area contributed by atoms with Gasteiger partial charge in [-0.1, -0.05) is 50.2 Å². The number of piperazine rings is 1. The summed E-state index contributed by atoms with van der Waals surface area (Å²) in [5.74, 6) is 1.53. The molecule has 1 unspecified atom stereocenters. The fourth-order valence-corrected chi connectivity index (χ4v) is 5.76. The van der Waals surface area contributed by atoms with Crippen molar-refractivity contribution in [3.05, 3.63) is 65.5 Å². The van der Waals surface area contributed by atoms with Crippen LogP contribution in [0.15, 0.2) is 48.5 Å². The van der Waals surface area contributed by atoms with Crippen molar-refractivity contribution in [1.29, 1.82) is 0 Å². The molecule has 6 rings (SSSR count). The van der Waals surface area contributed by atoms with Crippen LogP contribution in [0.3, 0.4) is 0 Å². The molecule has 2 aliphatic heterocycles. The second-order valence-corrected chi connectivity index (χ2v) is 10.5. The number of nitrogens with one attached hydrogen (secondary N) is 2. The maximum absolute atomic E-state index is 13.5. The van der Waals surface area contributed by atoms with Gasteiger partial charge in [-0.05, 0) is 42.0 Å². The number of rotatable bonds is 2. The Hall–Kier alpha value is -3.52. The summed E-state index contributed by atoms with van der Waals surface area (Å²) >= 11 is 0. The van der Waals surface area contributed by atoms with Gasteiger partial charge >= 0.3 is 0 Å². The number of amides is 2. The first-order chi connectivity index (χ1) is 17.5. The molecule has 2 amide bonds. The minimum atomic E-state index is -0.452. The van der Waals surface area contributed by atoms with E-state index in [2.05, 4.69) is 27.7 Å². The third kappa shape index (κ3) is 4.19. The van der Waals surface area contributed by atoms with E-state index >= 15 is 0 Å². The Kier molecular flexibility index (Phi) is 5.84. The van der Waals surface area contributed by atoms with Crippen molar-refractivity contribution in [3.63, 3.8) is 0 Å². The molecule has 2 aromatic carbocycles. The largest absolute Gasteiger partial charge is 0.358 e. The average molecular weight is 485 g/mol. The Morgan fingerprint density at radius 2 is 1.69 bits per heavy atom. The zero-order valence-electron chi connectivity index (χ0n) is 20.8. The molecule has 186 valence electrons. The Morgan fingerprint density at radius 1 is 0.972 bits per heavy atom. The minimum absolute atomic E-state index is 0.0272. The van der Waals surface area contributed by atoms with E-state index in [1.54, 1.807) is 0 Å². The first-order valence-electron chi connectivity index (χ1n) is 12.9. The second kappa shape index (κ2) is 9.17. The molecule has 2 atom stereocenters. The van der Waals surface area contributed by atoms with Gasteiger partial charge < -0.3 is 15.5 Å². The molecule has 2 bridgehead atoms. The third-order valence-electron chi connectivity index (χ3n) is 7.75. The SMILES string of the molecule is CC(C)[C@@H]1Nc2nc(nc3ccccc23)CN2CCN(C(=O)C3Cc4ccccc4C3)CC2NC1=O. The third-order valence-corrected chi connectivity index (χ3v) is 7.75. The van der Waals surface area contributed by atoms with Gasteiger partial charge in [-0.3, -0.25) is 14.5 Å². The van der Waals surface area contributed by atoms with Gasteiger partial charge in [0.25, 0.3) is 0 Å². The standard InChI is InChI=1S/C28H32N6O2/c1-17(2)25-27(35)31-24-16-34(28(36)20-13-18-7-3-4-8-19(18)14-20)12-11-33(24)15-23-29-22-10-6-5-9-21(22)26(30-23)32-25/h3-10,17,20,24-25H,11-16H2,1-2H3,(H,31,35)(H,29,30,32)/t24?,25-/m0/s1. The van der Waals surface area contributed by atoms with Crippen LogP contribution >= 0.6 is 0 Å². The summed E-state index contributed by atoms with van der Waals surface area (Å²) < 4.78 is 0. The molecule has 0 spiro atoms. The average Bonchev–Trinajstić information content (AvgIpc) is 3.31. The van der Waals surface area contributed by atoms with Crippen LogP contribution in [0.2, 0.25) is 0 Å². The van der Waals surface area contributed by atoms with Crippen LogP contribution in [-0.2, 0) is 29.0 Å². The van der Waals surface area contributed by atoms with E-state index in [1.807, 2.05) is 55.1 Å². The van der Waals surface area contributed by atoms with Crippen LogP contribution < -0.4 is 10.6 Å². The number of hydrogen-bond donors (Lipinski definition) is 2. The Labute approximate surface area is 211 Å². The van der Waals surface area contributed by atoms with Crippen molar-refractivity contribution in [3.8, 4) is 0 Å². The molecule has 3 heterocycles. The van der Waals surface area contributed by atoms with Crippen LogP contribution in [0.5, 0.6) is 0 Å². The molecule has 0 saturated carbocycles. The highest BCUT2D eigenvalue weighted by Gasteiger charge is 2.37. The van der Waals surface area contributed by atoms with Gasteiger partial charge in [0.15, 0.2) is 0 Å². The van der Waals surface area contributed by atoms with Gasteiger partial charge in [-0.15, -0.1) is 0 Å². The Morgan fingerprint density at radius 3 is 2.44 bits per heavy atom. The summed E-state index contributed by atoms with van der Waals surface area (Å²) in [7, 11) is 0. The zero-order chi connectivity index (χ0) is 24.8. The van der Waals surface area contributed by atoms with E-state index in [1.165, 1.54) is 11.1 Å². The molecule has 2 N–H and O–H groups in total. The zero-order valence-corrected chi connectivity index (χ0v) is 20.8. The summed E-state index contributed by atoms with van der Waals surface area (Å²) in [6, 6.07) is 15.8. The first-order valence-corrected chi connectivity index (χ1v) is 12.9. The van der Waals surface area contributed by atoms with Gasteiger partial charge in [0.1, 0.15) is 23.8 Å². The number of para-hydroxylation sites is 1. The molecule has 3 aromatic rings. The molecule has 8 heteroatoms. The number of nitrogens with zero attached hydrogens (tertiary/aromatic N) is 4. The molecule has 1 fully saturated rings. The summed E-state index contributed by atoms with van der Waals surface area (Å²) in [5, 5.41) is 7.56. The number of anilines is 1. The van der Waals surface area contributed by atoms with Crippen molar-refractivity contribution >= 4 is 28.5 Å². The summed E-state index contributed by atoms with van der Waals surface area (Å²) in [6.07, 6.45) is 1.29. The second-order valence-electron chi connectivity index (χ2n) is 10.5. The first kappa shape index (κ1) is 22.9. The topological polar surface area (TPSA) is 90.5 Å². The van der Waals surface area contributed by atoms with Gasteiger partial charge in [-0.25, -0.2) is 9.97 Å². The molecule has 1 aliphatic carbocycles. The molecule has 0 radical (unpaired) electrons. The number of hydrogen-bond acceptors (Lipinski definition) is 6. The van der Waals surface area contributed by atoms with Crippen LogP contribution in [0, 0.1) is 11.8 Å². The fraction of sp³-hybridized carbons (Fsp3) is 0.429.